The fourth-order valence-corrected chi connectivity index (χ4v) is 3.24. The lowest BCUT2D eigenvalue weighted by Crippen LogP contribution is -1.98. The topological polar surface area (TPSA) is 75.7 Å². The Morgan fingerprint density at radius 3 is 2.54 bits per heavy atom. The van der Waals surface area contributed by atoms with E-state index >= 15 is 0 Å². The van der Waals surface area contributed by atoms with E-state index in [2.05, 4.69) is 15.0 Å². The Morgan fingerprint density at radius 2 is 1.96 bits per heavy atom. The summed E-state index contributed by atoms with van der Waals surface area (Å²) in [4.78, 5) is 11.5. The first-order chi connectivity index (χ1) is 11.3. The van der Waals surface area contributed by atoms with Gasteiger partial charge in [-0.2, -0.15) is 0 Å². The number of imidazole rings is 1. The monoisotopic (exact) mass is 365 g/mol. The van der Waals surface area contributed by atoms with Crippen molar-refractivity contribution in [3.8, 4) is 22.8 Å². The van der Waals surface area contributed by atoms with Gasteiger partial charge in [-0.15, -0.1) is 0 Å². The zero-order valence-corrected chi connectivity index (χ0v) is 14.4. The second kappa shape index (κ2) is 5.99. The molecule has 3 rings (SSSR count). The predicted molar refractivity (Wildman–Crippen MR) is 90.1 cm³/mol. The fourth-order valence-electron chi connectivity index (χ4n) is 2.30. The maximum absolute atomic E-state index is 13.0. The van der Waals surface area contributed by atoms with Gasteiger partial charge in [0.05, 0.1) is 11.1 Å². The molecule has 2 heterocycles. The van der Waals surface area contributed by atoms with Crippen LogP contribution < -0.4 is 0 Å². The third kappa shape index (κ3) is 3.18. The number of H-pyrrole nitrogens is 1. The van der Waals surface area contributed by atoms with Gasteiger partial charge in [-0.25, -0.2) is 22.8 Å². The van der Waals surface area contributed by atoms with Crippen molar-refractivity contribution in [2.75, 3.05) is 6.26 Å². The molecule has 5 nitrogen and oxygen atoms in total. The van der Waals surface area contributed by atoms with Crippen molar-refractivity contribution in [3.63, 3.8) is 0 Å². The molecule has 8 heteroatoms. The molecule has 124 valence electrons. The van der Waals surface area contributed by atoms with Crippen LogP contribution >= 0.6 is 11.6 Å². The fraction of sp³-hybridized carbons (Fsp3) is 0.125. The van der Waals surface area contributed by atoms with Crippen LogP contribution in [0, 0.1) is 12.7 Å². The van der Waals surface area contributed by atoms with Gasteiger partial charge in [0.2, 0.25) is 0 Å². The zero-order chi connectivity index (χ0) is 17.5. The number of hydrogen-bond donors (Lipinski definition) is 1. The van der Waals surface area contributed by atoms with Crippen LogP contribution in [0.5, 0.6) is 0 Å². The molecule has 1 aromatic carbocycles. The largest absolute Gasteiger partial charge is 0.327 e. The normalized spacial score (nSPS) is 11.7. The van der Waals surface area contributed by atoms with E-state index in [0.29, 0.717) is 27.9 Å². The molecule has 3 aromatic rings. The number of aromatic nitrogens is 3. The van der Waals surface area contributed by atoms with Crippen molar-refractivity contribution in [2.45, 2.75) is 11.8 Å². The minimum atomic E-state index is -3.28. The predicted octanol–water partition coefficient (Wildman–Crippen LogP) is 3.64. The van der Waals surface area contributed by atoms with Crippen molar-refractivity contribution in [3.05, 3.63) is 53.1 Å². The lowest BCUT2D eigenvalue weighted by Gasteiger charge is -2.06. The summed E-state index contributed by atoms with van der Waals surface area (Å²) in [5.41, 5.74) is 2.37. The van der Waals surface area contributed by atoms with Gasteiger partial charge in [-0.1, -0.05) is 17.7 Å². The molecule has 0 aliphatic carbocycles. The molecule has 0 aliphatic rings. The summed E-state index contributed by atoms with van der Waals surface area (Å²) in [6.45, 7) is 1.78. The quantitative estimate of drug-likeness (QED) is 0.768. The number of nitrogens with zero attached hydrogens (tertiary/aromatic N) is 2. The molecule has 24 heavy (non-hydrogen) atoms. The summed E-state index contributed by atoms with van der Waals surface area (Å²) >= 11 is 6.22. The van der Waals surface area contributed by atoms with Crippen LogP contribution in [-0.4, -0.2) is 29.6 Å². The van der Waals surface area contributed by atoms with Gasteiger partial charge in [-0.3, -0.25) is 0 Å². The molecule has 0 bridgehead atoms. The minimum Gasteiger partial charge on any atom is -0.327 e. The van der Waals surface area contributed by atoms with Crippen LogP contribution in [0.3, 0.4) is 0 Å². The minimum absolute atomic E-state index is 0.232. The maximum Gasteiger partial charge on any atom is 0.175 e. The van der Waals surface area contributed by atoms with Crippen molar-refractivity contribution >= 4 is 21.4 Å². The molecule has 0 saturated heterocycles. The lowest BCUT2D eigenvalue weighted by molar-refractivity contribution is 0.602. The molecule has 0 amide bonds. The number of pyridine rings is 1. The van der Waals surface area contributed by atoms with Gasteiger partial charge in [0.15, 0.2) is 15.7 Å². The van der Waals surface area contributed by atoms with E-state index in [-0.39, 0.29) is 4.90 Å². The first-order valence-electron chi connectivity index (χ1n) is 6.94. The number of rotatable bonds is 3. The van der Waals surface area contributed by atoms with E-state index in [4.69, 9.17) is 11.6 Å². The molecular formula is C16H13ClFN3O2S. The lowest BCUT2D eigenvalue weighted by atomic mass is 10.1. The Hall–Kier alpha value is -2.25. The second-order valence-electron chi connectivity index (χ2n) is 5.36. The maximum atomic E-state index is 13.0. The standard InChI is InChI=1S/C16H13ClFN3O2S/c1-9-7-11(24(2,22)23)4-5-12(9)14-15(17)21-16(20-14)13-6-3-10(18)8-19-13/h3-8H,1-2H3,(H,20,21). The molecule has 0 aliphatic heterocycles. The first kappa shape index (κ1) is 16.6. The van der Waals surface area contributed by atoms with Crippen LogP contribution in [0.15, 0.2) is 41.4 Å². The van der Waals surface area contributed by atoms with Crippen LogP contribution in [0.2, 0.25) is 5.15 Å². The van der Waals surface area contributed by atoms with Gasteiger partial charge < -0.3 is 4.98 Å². The molecule has 0 radical (unpaired) electrons. The summed E-state index contributed by atoms with van der Waals surface area (Å²) in [6.07, 6.45) is 2.25. The third-order valence-electron chi connectivity index (χ3n) is 3.51. The highest BCUT2D eigenvalue weighted by molar-refractivity contribution is 7.90. The molecule has 0 fully saturated rings. The Labute approximate surface area is 143 Å². The summed E-state index contributed by atoms with van der Waals surface area (Å²) < 4.78 is 36.2. The van der Waals surface area contributed by atoms with Gasteiger partial charge >= 0.3 is 0 Å². The average molecular weight is 366 g/mol. The highest BCUT2D eigenvalue weighted by Gasteiger charge is 2.16. The Morgan fingerprint density at radius 1 is 1.21 bits per heavy atom. The van der Waals surface area contributed by atoms with Crippen LogP contribution in [0.25, 0.3) is 22.8 Å². The van der Waals surface area contributed by atoms with Gasteiger partial charge in [0.1, 0.15) is 22.4 Å². The summed E-state index contributed by atoms with van der Waals surface area (Å²) in [6, 6.07) is 7.53. The molecule has 0 saturated carbocycles. The zero-order valence-electron chi connectivity index (χ0n) is 12.8. The number of aryl methyl sites for hydroxylation is 1. The van der Waals surface area contributed by atoms with Crippen molar-refractivity contribution in [2.24, 2.45) is 0 Å². The first-order valence-corrected chi connectivity index (χ1v) is 9.21. The summed E-state index contributed by atoms with van der Waals surface area (Å²) in [5.74, 6) is -0.0366. The van der Waals surface area contributed by atoms with E-state index in [1.165, 1.54) is 18.2 Å². The molecule has 0 spiro atoms. The van der Waals surface area contributed by atoms with Crippen molar-refractivity contribution < 1.29 is 12.8 Å². The number of halogens is 2. The number of benzene rings is 1. The van der Waals surface area contributed by atoms with Crippen LogP contribution in [0.1, 0.15) is 5.56 Å². The van der Waals surface area contributed by atoms with Crippen LogP contribution in [0.4, 0.5) is 4.39 Å². The van der Waals surface area contributed by atoms with Crippen molar-refractivity contribution in [1.29, 1.82) is 0 Å². The van der Waals surface area contributed by atoms with Crippen molar-refractivity contribution in [1.82, 2.24) is 15.0 Å². The molecular weight excluding hydrogens is 353 g/mol. The van der Waals surface area contributed by atoms with E-state index < -0.39 is 15.7 Å². The second-order valence-corrected chi connectivity index (χ2v) is 7.75. The Balaban J connectivity index is 2.06. The van der Waals surface area contributed by atoms with E-state index in [9.17, 15) is 12.8 Å². The highest BCUT2D eigenvalue weighted by atomic mass is 35.5. The Bertz CT molecular complexity index is 1010. The average Bonchev–Trinajstić information content (AvgIpc) is 2.89. The van der Waals surface area contributed by atoms with Gasteiger partial charge in [0.25, 0.3) is 0 Å². The van der Waals surface area contributed by atoms with Gasteiger partial charge in [-0.05, 0) is 36.8 Å². The third-order valence-corrected chi connectivity index (χ3v) is 4.89. The summed E-state index contributed by atoms with van der Waals surface area (Å²) in [5, 5.41) is 0.298. The van der Waals surface area contributed by atoms with Gasteiger partial charge in [0, 0.05) is 11.8 Å². The number of nitrogens with one attached hydrogen (secondary N) is 1. The smallest absolute Gasteiger partial charge is 0.175 e. The summed E-state index contributed by atoms with van der Waals surface area (Å²) in [7, 11) is -3.28. The number of sulfone groups is 1. The molecule has 0 atom stereocenters. The van der Waals surface area contributed by atoms with Crippen LogP contribution in [-0.2, 0) is 9.84 Å². The van der Waals surface area contributed by atoms with E-state index in [0.717, 1.165) is 18.0 Å². The number of aromatic amines is 1. The molecule has 1 N–H and O–H groups in total. The Kier molecular flexibility index (Phi) is 4.15. The highest BCUT2D eigenvalue weighted by Crippen LogP contribution is 2.31. The molecule has 2 aromatic heterocycles. The van der Waals surface area contributed by atoms with E-state index in [1.807, 2.05) is 0 Å². The molecule has 0 unspecified atom stereocenters. The van der Waals surface area contributed by atoms with E-state index in [1.54, 1.807) is 19.1 Å². The SMILES string of the molecule is Cc1cc(S(C)(=O)=O)ccc1-c1nc(-c2ccc(F)cn2)[nH]c1Cl. The number of hydrogen-bond acceptors (Lipinski definition) is 4.